The van der Waals surface area contributed by atoms with Gasteiger partial charge in [0.25, 0.3) is 0 Å². The minimum Gasteiger partial charge on any atom is -0.452 e. The van der Waals surface area contributed by atoms with Crippen molar-refractivity contribution in [3.63, 3.8) is 0 Å². The average molecular weight is 475 g/mol. The summed E-state index contributed by atoms with van der Waals surface area (Å²) < 4.78 is 16.0. The van der Waals surface area contributed by atoms with Gasteiger partial charge in [-0.3, -0.25) is 0 Å². The normalized spacial score (nSPS) is 12.3. The van der Waals surface area contributed by atoms with Gasteiger partial charge in [0, 0.05) is 14.7 Å². The maximum absolute atomic E-state index is 12.2. The highest BCUT2D eigenvalue weighted by atomic mass is 32.2. The van der Waals surface area contributed by atoms with E-state index in [9.17, 15) is 14.4 Å². The molecule has 0 unspecified atom stereocenters. The molecule has 0 aliphatic rings. The third kappa shape index (κ3) is 12.4. The zero-order valence-electron chi connectivity index (χ0n) is 18.9. The smallest absolute Gasteiger partial charge is 0.372 e. The van der Waals surface area contributed by atoms with Crippen LogP contribution in [0.2, 0.25) is 0 Å². The van der Waals surface area contributed by atoms with Crippen LogP contribution in [0.5, 0.6) is 0 Å². The van der Waals surface area contributed by atoms with E-state index in [-0.39, 0.29) is 0 Å². The Hall–Kier alpha value is -1.32. The number of ether oxygens (including phenoxy) is 3. The molecule has 0 aliphatic heterocycles. The van der Waals surface area contributed by atoms with Crippen LogP contribution in [0.15, 0.2) is 32.9 Å². The molecule has 0 saturated heterocycles. The lowest BCUT2D eigenvalue weighted by molar-refractivity contribution is 0.0727. The summed E-state index contributed by atoms with van der Waals surface area (Å²) in [6, 6.07) is 5.05. The van der Waals surface area contributed by atoms with E-state index >= 15 is 0 Å². The quantitative estimate of drug-likeness (QED) is 0.248. The summed E-state index contributed by atoms with van der Waals surface area (Å²) in [7, 11) is 0. The third-order valence-electron chi connectivity index (χ3n) is 2.63. The Morgan fingerprint density at radius 1 is 0.533 bits per heavy atom. The first-order valence-corrected chi connectivity index (χ1v) is 11.7. The van der Waals surface area contributed by atoms with Gasteiger partial charge in [-0.05, 0) is 116 Å². The van der Waals surface area contributed by atoms with Crippen LogP contribution < -0.4 is 0 Å². The molecule has 0 N–H and O–H groups in total. The van der Waals surface area contributed by atoms with Crippen LogP contribution in [-0.2, 0) is 14.2 Å². The summed E-state index contributed by atoms with van der Waals surface area (Å²) in [6.07, 6.45) is 0. The van der Waals surface area contributed by atoms with Gasteiger partial charge in [-0.15, -0.1) is 0 Å². The summed E-state index contributed by atoms with van der Waals surface area (Å²) >= 11 is 2.66. The van der Waals surface area contributed by atoms with Crippen LogP contribution in [0.1, 0.15) is 62.3 Å². The SMILES string of the molecule is CC(C)(C)OC(=O)Sc1cc(SC(=O)OC(C)(C)C)cc(SC(=O)OC(C)(C)C)c1. The van der Waals surface area contributed by atoms with Gasteiger partial charge >= 0.3 is 15.9 Å². The molecule has 0 aromatic heterocycles. The molecule has 1 aromatic carbocycles. The monoisotopic (exact) mass is 474 g/mol. The fraction of sp³-hybridized carbons (Fsp3) is 0.571. The van der Waals surface area contributed by atoms with Crippen molar-refractivity contribution in [3.05, 3.63) is 18.2 Å². The topological polar surface area (TPSA) is 78.9 Å². The van der Waals surface area contributed by atoms with Gasteiger partial charge in [0.05, 0.1) is 0 Å². The Labute approximate surface area is 191 Å². The molecule has 30 heavy (non-hydrogen) atoms. The summed E-state index contributed by atoms with van der Waals surface area (Å²) in [5.74, 6) is 0. The first kappa shape index (κ1) is 26.7. The maximum Gasteiger partial charge on any atom is 0.372 e. The van der Waals surface area contributed by atoms with Crippen molar-refractivity contribution < 1.29 is 28.6 Å². The van der Waals surface area contributed by atoms with Gasteiger partial charge < -0.3 is 14.2 Å². The van der Waals surface area contributed by atoms with Crippen LogP contribution >= 0.6 is 35.3 Å². The largest absolute Gasteiger partial charge is 0.452 e. The van der Waals surface area contributed by atoms with Crippen molar-refractivity contribution in [1.82, 2.24) is 0 Å². The van der Waals surface area contributed by atoms with Crippen LogP contribution in [-0.4, -0.2) is 32.7 Å². The molecule has 0 saturated carbocycles. The van der Waals surface area contributed by atoms with E-state index in [1.165, 1.54) is 0 Å². The van der Waals surface area contributed by atoms with Crippen LogP contribution in [0.3, 0.4) is 0 Å². The predicted octanol–water partition coefficient (Wildman–Crippen LogP) is 7.77. The molecule has 0 radical (unpaired) electrons. The molecule has 168 valence electrons. The summed E-state index contributed by atoms with van der Waals surface area (Å²) in [5.41, 5.74) is -1.87. The average Bonchev–Trinajstić information content (AvgIpc) is 2.39. The van der Waals surface area contributed by atoms with E-state index in [0.717, 1.165) is 35.3 Å². The summed E-state index contributed by atoms with van der Waals surface area (Å²) in [6.45, 7) is 16.0. The first-order chi connectivity index (χ1) is 13.4. The predicted molar refractivity (Wildman–Crippen MR) is 123 cm³/mol. The van der Waals surface area contributed by atoms with Crippen molar-refractivity contribution in [2.75, 3.05) is 0 Å². The minimum atomic E-state index is -0.624. The van der Waals surface area contributed by atoms with Gasteiger partial charge in [0.15, 0.2) is 0 Å². The molecule has 0 amide bonds. The number of carbonyl (C=O) groups excluding carboxylic acids is 3. The van der Waals surface area contributed by atoms with Crippen molar-refractivity contribution in [1.29, 1.82) is 0 Å². The molecule has 1 rings (SSSR count). The second-order valence-electron chi connectivity index (χ2n) is 9.34. The lowest BCUT2D eigenvalue weighted by Crippen LogP contribution is -2.21. The second-order valence-corrected chi connectivity index (χ2v) is 12.4. The van der Waals surface area contributed by atoms with Crippen LogP contribution in [0, 0.1) is 0 Å². The van der Waals surface area contributed by atoms with Gasteiger partial charge in [0.2, 0.25) is 0 Å². The number of hydrogen-bond acceptors (Lipinski definition) is 9. The van der Waals surface area contributed by atoms with Gasteiger partial charge in [-0.25, -0.2) is 14.4 Å². The Kier molecular flexibility index (Phi) is 9.20. The van der Waals surface area contributed by atoms with Crippen molar-refractivity contribution in [3.8, 4) is 0 Å². The Bertz CT molecular complexity index is 668. The highest BCUT2D eigenvalue weighted by Gasteiger charge is 2.22. The van der Waals surface area contributed by atoms with E-state index in [2.05, 4.69) is 0 Å². The van der Waals surface area contributed by atoms with Gasteiger partial charge in [0.1, 0.15) is 16.8 Å². The number of thioether (sulfide) groups is 3. The standard InChI is InChI=1S/C21H30O6S3/c1-19(2,3)25-16(22)28-13-10-14(29-17(23)26-20(4,5)6)12-15(11-13)30-18(24)27-21(7,8)9/h10-12H,1-9H3. The van der Waals surface area contributed by atoms with E-state index < -0.39 is 32.7 Å². The molecular formula is C21H30O6S3. The Balaban J connectivity index is 3.09. The number of rotatable bonds is 3. The second kappa shape index (κ2) is 10.3. The molecule has 6 nitrogen and oxygen atoms in total. The fourth-order valence-electron chi connectivity index (χ4n) is 1.82. The van der Waals surface area contributed by atoms with Gasteiger partial charge in [-0.2, -0.15) is 0 Å². The molecule has 1 aromatic rings. The first-order valence-electron chi connectivity index (χ1n) is 9.29. The Morgan fingerprint density at radius 2 is 0.733 bits per heavy atom. The minimum absolute atomic E-state index is 0.477. The van der Waals surface area contributed by atoms with Crippen LogP contribution in [0.25, 0.3) is 0 Å². The van der Waals surface area contributed by atoms with E-state index in [1.807, 2.05) is 0 Å². The van der Waals surface area contributed by atoms with Gasteiger partial charge in [-0.1, -0.05) is 0 Å². The van der Waals surface area contributed by atoms with E-state index in [0.29, 0.717) is 14.7 Å². The lowest BCUT2D eigenvalue weighted by Gasteiger charge is -2.20. The molecule has 0 atom stereocenters. The zero-order chi connectivity index (χ0) is 23.3. The highest BCUT2D eigenvalue weighted by Crippen LogP contribution is 2.35. The molecule has 0 bridgehead atoms. The van der Waals surface area contributed by atoms with Crippen molar-refractivity contribution in [2.24, 2.45) is 0 Å². The molecule has 0 fully saturated rings. The summed E-state index contributed by atoms with van der Waals surface area (Å²) in [4.78, 5) is 38.3. The zero-order valence-corrected chi connectivity index (χ0v) is 21.4. The summed E-state index contributed by atoms with van der Waals surface area (Å²) in [5, 5.41) is -1.43. The molecular weight excluding hydrogens is 444 g/mol. The number of benzene rings is 1. The molecule has 0 heterocycles. The maximum atomic E-state index is 12.2. The van der Waals surface area contributed by atoms with E-state index in [1.54, 1.807) is 80.5 Å². The lowest BCUT2D eigenvalue weighted by atomic mass is 10.2. The van der Waals surface area contributed by atoms with Crippen molar-refractivity contribution in [2.45, 2.75) is 93.8 Å². The third-order valence-corrected chi connectivity index (χ3v) is 4.79. The highest BCUT2D eigenvalue weighted by molar-refractivity contribution is 8.14. The number of hydrogen-bond donors (Lipinski definition) is 0. The number of carbonyl (C=O) groups is 3. The molecule has 0 spiro atoms. The van der Waals surface area contributed by atoms with E-state index in [4.69, 9.17) is 14.2 Å². The molecule has 0 aliphatic carbocycles. The van der Waals surface area contributed by atoms with Crippen molar-refractivity contribution >= 4 is 51.2 Å². The molecule has 9 heteroatoms. The Morgan fingerprint density at radius 3 is 0.900 bits per heavy atom. The van der Waals surface area contributed by atoms with Crippen LogP contribution in [0.4, 0.5) is 14.4 Å². The fourth-order valence-corrected chi connectivity index (χ4v) is 4.62.